The number of aliphatic hydroxyl groups is 1. The third kappa shape index (κ3) is 6.34. The van der Waals surface area contributed by atoms with Crippen LogP contribution < -0.4 is 0 Å². The molecule has 96 valence electrons. The van der Waals surface area contributed by atoms with Crippen LogP contribution in [-0.4, -0.2) is 17.5 Å². The normalized spacial score (nSPS) is 11.8. The first-order chi connectivity index (χ1) is 7.87. The summed E-state index contributed by atoms with van der Waals surface area (Å²) in [5, 5.41) is 9.29. The van der Waals surface area contributed by atoms with Gasteiger partial charge in [-0.15, -0.1) is 0 Å². The molecule has 0 heterocycles. The molecule has 0 aliphatic heterocycles. The summed E-state index contributed by atoms with van der Waals surface area (Å²) < 4.78 is 30.8. The Morgan fingerprint density at radius 3 is 2.24 bits per heavy atom. The van der Waals surface area contributed by atoms with Gasteiger partial charge in [0, 0.05) is 12.7 Å². The summed E-state index contributed by atoms with van der Waals surface area (Å²) in [6.45, 7) is 3.56. The van der Waals surface area contributed by atoms with Gasteiger partial charge in [-0.3, -0.25) is 0 Å². The zero-order valence-corrected chi connectivity index (χ0v) is 10.2. The molecular formula is C13H18F2O2. The van der Waals surface area contributed by atoms with E-state index in [0.717, 1.165) is 18.9 Å². The largest absolute Gasteiger partial charge is 0.366 e. The van der Waals surface area contributed by atoms with Gasteiger partial charge in [-0.05, 0) is 50.8 Å². The minimum absolute atomic E-state index is 0.432. The molecule has 1 rings (SSSR count). The Morgan fingerprint density at radius 1 is 1.12 bits per heavy atom. The summed E-state index contributed by atoms with van der Waals surface area (Å²) in [7, 11) is 0. The van der Waals surface area contributed by atoms with E-state index in [4.69, 9.17) is 4.74 Å². The van der Waals surface area contributed by atoms with Crippen molar-refractivity contribution >= 4 is 0 Å². The quantitative estimate of drug-likeness (QED) is 0.615. The summed E-state index contributed by atoms with van der Waals surface area (Å²) in [6.07, 6.45) is 2.10. The Labute approximate surface area is 100 Å². The molecule has 0 atom stereocenters. The first-order valence-electron chi connectivity index (χ1n) is 5.68. The van der Waals surface area contributed by atoms with E-state index in [2.05, 4.69) is 0 Å². The fraction of sp³-hybridized carbons (Fsp3) is 0.538. The number of aryl methyl sites for hydroxylation is 1. The summed E-state index contributed by atoms with van der Waals surface area (Å²) in [4.78, 5) is 0. The highest BCUT2D eigenvalue weighted by molar-refractivity contribution is 5.17. The monoisotopic (exact) mass is 244 g/mol. The smallest absolute Gasteiger partial charge is 0.159 e. The van der Waals surface area contributed by atoms with Crippen molar-refractivity contribution in [1.82, 2.24) is 0 Å². The van der Waals surface area contributed by atoms with Crippen molar-refractivity contribution in [3.63, 3.8) is 0 Å². The SMILES string of the molecule is CC(C)(O)OCCCCc1cc(F)cc(F)c1. The topological polar surface area (TPSA) is 29.5 Å². The second-order valence-corrected chi connectivity index (χ2v) is 4.53. The molecule has 0 radical (unpaired) electrons. The van der Waals surface area contributed by atoms with Crippen molar-refractivity contribution in [2.75, 3.05) is 6.61 Å². The third-order valence-electron chi connectivity index (χ3n) is 2.24. The highest BCUT2D eigenvalue weighted by Crippen LogP contribution is 2.11. The standard InChI is InChI=1S/C13H18F2O2/c1-13(2,16)17-6-4-3-5-10-7-11(14)9-12(15)8-10/h7-9,16H,3-6H2,1-2H3. The van der Waals surface area contributed by atoms with Crippen LogP contribution in [0.1, 0.15) is 32.3 Å². The molecule has 1 N–H and O–H groups in total. The first-order valence-corrected chi connectivity index (χ1v) is 5.68. The molecule has 1 aromatic carbocycles. The Balaban J connectivity index is 2.27. The van der Waals surface area contributed by atoms with Gasteiger partial charge in [-0.25, -0.2) is 8.78 Å². The summed E-state index contributed by atoms with van der Waals surface area (Å²) in [5.41, 5.74) is 0.644. The van der Waals surface area contributed by atoms with Crippen molar-refractivity contribution in [2.24, 2.45) is 0 Å². The second kappa shape index (κ2) is 6.07. The summed E-state index contributed by atoms with van der Waals surface area (Å²) >= 11 is 0. The molecule has 1 aromatic rings. The van der Waals surface area contributed by atoms with Crippen LogP contribution in [-0.2, 0) is 11.2 Å². The predicted octanol–water partition coefficient (Wildman–Crippen LogP) is 3.03. The second-order valence-electron chi connectivity index (χ2n) is 4.53. The van der Waals surface area contributed by atoms with E-state index in [0.29, 0.717) is 18.6 Å². The minimum Gasteiger partial charge on any atom is -0.366 e. The number of hydrogen-bond donors (Lipinski definition) is 1. The van der Waals surface area contributed by atoms with E-state index in [1.165, 1.54) is 12.1 Å². The molecule has 0 aliphatic carbocycles. The molecule has 0 unspecified atom stereocenters. The Kier molecular flexibility index (Phi) is 5.02. The molecule has 2 nitrogen and oxygen atoms in total. The Bertz CT molecular complexity index is 339. The van der Waals surface area contributed by atoms with Crippen LogP contribution in [0.4, 0.5) is 8.78 Å². The first kappa shape index (κ1) is 14.1. The van der Waals surface area contributed by atoms with Crippen LogP contribution in [0.15, 0.2) is 18.2 Å². The van der Waals surface area contributed by atoms with Crippen molar-refractivity contribution in [3.8, 4) is 0 Å². The summed E-state index contributed by atoms with van der Waals surface area (Å²) in [6, 6.07) is 3.53. The van der Waals surface area contributed by atoms with E-state index in [1.807, 2.05) is 0 Å². The van der Waals surface area contributed by atoms with Crippen molar-refractivity contribution < 1.29 is 18.6 Å². The average molecular weight is 244 g/mol. The highest BCUT2D eigenvalue weighted by atomic mass is 19.1. The van der Waals surface area contributed by atoms with Gasteiger partial charge in [-0.1, -0.05) is 0 Å². The number of hydrogen-bond acceptors (Lipinski definition) is 2. The number of benzene rings is 1. The van der Waals surface area contributed by atoms with E-state index >= 15 is 0 Å². The number of unbranched alkanes of at least 4 members (excludes halogenated alkanes) is 1. The average Bonchev–Trinajstić information content (AvgIpc) is 2.13. The fourth-order valence-corrected chi connectivity index (χ4v) is 1.51. The third-order valence-corrected chi connectivity index (χ3v) is 2.24. The molecule has 0 spiro atoms. The van der Waals surface area contributed by atoms with E-state index in [1.54, 1.807) is 13.8 Å². The lowest BCUT2D eigenvalue weighted by atomic mass is 10.1. The number of ether oxygens (including phenoxy) is 1. The maximum Gasteiger partial charge on any atom is 0.159 e. The molecule has 0 aliphatic rings. The summed E-state index contributed by atoms with van der Waals surface area (Å²) in [5.74, 6) is -2.22. The molecule has 4 heteroatoms. The zero-order chi connectivity index (χ0) is 12.9. The Morgan fingerprint density at radius 2 is 1.71 bits per heavy atom. The van der Waals surface area contributed by atoms with Gasteiger partial charge in [0.1, 0.15) is 11.6 Å². The van der Waals surface area contributed by atoms with Crippen LogP contribution in [0.3, 0.4) is 0 Å². The van der Waals surface area contributed by atoms with E-state index in [-0.39, 0.29) is 0 Å². The number of rotatable bonds is 6. The van der Waals surface area contributed by atoms with Crippen molar-refractivity contribution in [1.29, 1.82) is 0 Å². The van der Waals surface area contributed by atoms with Crippen LogP contribution >= 0.6 is 0 Å². The molecular weight excluding hydrogens is 226 g/mol. The maximum atomic E-state index is 12.9. The zero-order valence-electron chi connectivity index (χ0n) is 10.2. The Hall–Kier alpha value is -1.00. The van der Waals surface area contributed by atoms with Gasteiger partial charge in [0.05, 0.1) is 0 Å². The van der Waals surface area contributed by atoms with Crippen LogP contribution in [0.2, 0.25) is 0 Å². The van der Waals surface area contributed by atoms with Gasteiger partial charge in [0.25, 0.3) is 0 Å². The number of halogens is 2. The van der Waals surface area contributed by atoms with E-state index in [9.17, 15) is 13.9 Å². The van der Waals surface area contributed by atoms with Gasteiger partial charge >= 0.3 is 0 Å². The lowest BCUT2D eigenvalue weighted by Crippen LogP contribution is -2.23. The van der Waals surface area contributed by atoms with Gasteiger partial charge in [0.15, 0.2) is 5.79 Å². The molecule has 0 saturated carbocycles. The van der Waals surface area contributed by atoms with Crippen LogP contribution in [0, 0.1) is 11.6 Å². The molecule has 0 bridgehead atoms. The predicted molar refractivity (Wildman–Crippen MR) is 61.5 cm³/mol. The minimum atomic E-state index is -1.12. The lowest BCUT2D eigenvalue weighted by Gasteiger charge is -2.17. The van der Waals surface area contributed by atoms with Crippen molar-refractivity contribution in [3.05, 3.63) is 35.4 Å². The van der Waals surface area contributed by atoms with E-state index < -0.39 is 17.4 Å². The maximum absolute atomic E-state index is 12.9. The van der Waals surface area contributed by atoms with Crippen molar-refractivity contribution in [2.45, 2.75) is 38.9 Å². The molecule has 0 amide bonds. The molecule has 0 aromatic heterocycles. The highest BCUT2D eigenvalue weighted by Gasteiger charge is 2.11. The molecule has 0 saturated heterocycles. The lowest BCUT2D eigenvalue weighted by molar-refractivity contribution is -0.176. The van der Waals surface area contributed by atoms with Crippen LogP contribution in [0.25, 0.3) is 0 Å². The molecule has 17 heavy (non-hydrogen) atoms. The molecule has 0 fully saturated rings. The van der Waals surface area contributed by atoms with Gasteiger partial charge < -0.3 is 9.84 Å². The fourth-order valence-electron chi connectivity index (χ4n) is 1.51. The van der Waals surface area contributed by atoms with Gasteiger partial charge in [0.2, 0.25) is 0 Å². The van der Waals surface area contributed by atoms with Gasteiger partial charge in [-0.2, -0.15) is 0 Å². The van der Waals surface area contributed by atoms with Crippen LogP contribution in [0.5, 0.6) is 0 Å².